The molecule has 21 heavy (non-hydrogen) atoms. The maximum Gasteiger partial charge on any atom is 0.0469 e. The molecule has 1 aromatic rings. The van der Waals surface area contributed by atoms with Gasteiger partial charge in [-0.15, -0.1) is 11.3 Å². The van der Waals surface area contributed by atoms with E-state index in [9.17, 15) is 0 Å². The summed E-state index contributed by atoms with van der Waals surface area (Å²) in [6.07, 6.45) is 6.94. The molecule has 1 unspecified atom stereocenters. The van der Waals surface area contributed by atoms with Gasteiger partial charge in [0.25, 0.3) is 0 Å². The van der Waals surface area contributed by atoms with Crippen molar-refractivity contribution in [1.29, 1.82) is 0 Å². The van der Waals surface area contributed by atoms with E-state index in [0.717, 1.165) is 5.92 Å². The second kappa shape index (κ2) is 6.42. The minimum atomic E-state index is 0.266. The van der Waals surface area contributed by atoms with Crippen LogP contribution in [0.15, 0.2) is 12.1 Å². The lowest BCUT2D eigenvalue weighted by Gasteiger charge is -2.38. The highest BCUT2D eigenvalue weighted by Gasteiger charge is 2.42. The number of thiophene rings is 1. The average molecular weight is 308 g/mol. The van der Waals surface area contributed by atoms with Crippen molar-refractivity contribution in [3.8, 4) is 0 Å². The lowest BCUT2D eigenvalue weighted by atomic mass is 9.72. The number of hydrogen-bond donors (Lipinski definition) is 1. The third-order valence-electron chi connectivity index (χ3n) is 4.97. The van der Waals surface area contributed by atoms with Crippen LogP contribution in [0, 0.1) is 11.3 Å². The quantitative estimate of drug-likeness (QED) is 0.712. The van der Waals surface area contributed by atoms with Crippen molar-refractivity contribution in [2.75, 3.05) is 7.05 Å². The van der Waals surface area contributed by atoms with Gasteiger partial charge in [-0.05, 0) is 55.2 Å². The number of nitrogens with one attached hydrogen (secondary N) is 1. The van der Waals surface area contributed by atoms with Gasteiger partial charge in [-0.2, -0.15) is 0 Å². The summed E-state index contributed by atoms with van der Waals surface area (Å²) in [4.78, 5) is 3.06. The predicted molar refractivity (Wildman–Crippen MR) is 95.2 cm³/mol. The Kier molecular flexibility index (Phi) is 5.20. The highest BCUT2D eigenvalue weighted by atomic mass is 32.1. The van der Waals surface area contributed by atoms with Crippen LogP contribution < -0.4 is 5.32 Å². The van der Waals surface area contributed by atoms with E-state index in [1.165, 1.54) is 37.0 Å². The molecule has 0 aliphatic heterocycles. The molecule has 0 saturated heterocycles. The fourth-order valence-corrected chi connectivity index (χ4v) is 5.48. The second-order valence-electron chi connectivity index (χ2n) is 8.34. The van der Waals surface area contributed by atoms with Crippen LogP contribution in [0.25, 0.3) is 0 Å². The molecule has 2 heteroatoms. The van der Waals surface area contributed by atoms with Crippen LogP contribution in [0.3, 0.4) is 0 Å². The first-order valence-electron chi connectivity index (χ1n) is 8.56. The third kappa shape index (κ3) is 3.71. The molecule has 1 aliphatic carbocycles. The summed E-state index contributed by atoms with van der Waals surface area (Å²) in [6, 6.07) is 5.26. The molecular weight excluding hydrogens is 274 g/mol. The van der Waals surface area contributed by atoms with Gasteiger partial charge in [0.15, 0.2) is 0 Å². The summed E-state index contributed by atoms with van der Waals surface area (Å²) in [5.74, 6) is 0.779. The highest BCUT2D eigenvalue weighted by Crippen LogP contribution is 2.52. The molecule has 1 aliphatic rings. The molecule has 0 aromatic carbocycles. The Morgan fingerprint density at radius 2 is 1.81 bits per heavy atom. The Morgan fingerprint density at radius 3 is 2.24 bits per heavy atom. The van der Waals surface area contributed by atoms with Gasteiger partial charge >= 0.3 is 0 Å². The summed E-state index contributed by atoms with van der Waals surface area (Å²) in [5, 5.41) is 3.68. The van der Waals surface area contributed by atoms with Crippen molar-refractivity contribution in [1.82, 2.24) is 5.32 Å². The average Bonchev–Trinajstić information content (AvgIpc) is 2.98. The second-order valence-corrected chi connectivity index (χ2v) is 9.46. The lowest BCUT2D eigenvalue weighted by Crippen LogP contribution is -2.35. The smallest absolute Gasteiger partial charge is 0.0469 e. The Labute approximate surface area is 135 Å². The minimum absolute atomic E-state index is 0.266. The first kappa shape index (κ1) is 17.0. The van der Waals surface area contributed by atoms with Gasteiger partial charge in [0.1, 0.15) is 0 Å². The van der Waals surface area contributed by atoms with Gasteiger partial charge in [0.2, 0.25) is 0 Å². The first-order valence-corrected chi connectivity index (χ1v) is 9.38. The molecule has 0 spiro atoms. The molecule has 1 saturated carbocycles. The highest BCUT2D eigenvalue weighted by molar-refractivity contribution is 7.12. The molecule has 0 amide bonds. The topological polar surface area (TPSA) is 12.0 Å². The van der Waals surface area contributed by atoms with Crippen molar-refractivity contribution < 1.29 is 0 Å². The van der Waals surface area contributed by atoms with Crippen LogP contribution in [-0.2, 0) is 5.41 Å². The van der Waals surface area contributed by atoms with Gasteiger partial charge in [-0.25, -0.2) is 0 Å². The Bertz CT molecular complexity index is 446. The van der Waals surface area contributed by atoms with Crippen LogP contribution in [0.1, 0.15) is 82.5 Å². The van der Waals surface area contributed by atoms with Crippen molar-refractivity contribution in [2.45, 2.75) is 78.2 Å². The Morgan fingerprint density at radius 1 is 1.19 bits per heavy atom. The molecule has 0 bridgehead atoms. The molecule has 1 aromatic heterocycles. The monoisotopic (exact) mass is 307 g/mol. The summed E-state index contributed by atoms with van der Waals surface area (Å²) < 4.78 is 0. The minimum Gasteiger partial charge on any atom is -0.312 e. The van der Waals surface area contributed by atoms with Gasteiger partial charge < -0.3 is 5.32 Å². The van der Waals surface area contributed by atoms with E-state index in [1.54, 1.807) is 4.88 Å². The maximum atomic E-state index is 3.68. The van der Waals surface area contributed by atoms with Crippen LogP contribution in [0.4, 0.5) is 0 Å². The fourth-order valence-electron chi connectivity index (χ4n) is 4.16. The molecule has 1 fully saturated rings. The largest absolute Gasteiger partial charge is 0.312 e. The van der Waals surface area contributed by atoms with Gasteiger partial charge in [-0.3, -0.25) is 0 Å². The van der Waals surface area contributed by atoms with Crippen LogP contribution >= 0.6 is 11.3 Å². The van der Waals surface area contributed by atoms with Crippen molar-refractivity contribution in [3.63, 3.8) is 0 Å². The molecule has 1 N–H and O–H groups in total. The number of hydrogen-bond acceptors (Lipinski definition) is 2. The Hall–Kier alpha value is -0.340. The van der Waals surface area contributed by atoms with Crippen molar-refractivity contribution >= 4 is 11.3 Å². The van der Waals surface area contributed by atoms with E-state index < -0.39 is 0 Å². The SMILES string of the molecule is CNC(c1ccc(C(C)(C)C)s1)C1(CC(C)C)CCCC1. The zero-order chi connectivity index (χ0) is 15.7. The molecule has 1 heterocycles. The van der Waals surface area contributed by atoms with Gasteiger partial charge in [0.05, 0.1) is 0 Å². The standard InChI is InChI=1S/C19H33NS/c1-14(2)13-19(11-7-8-12-19)17(20-6)15-9-10-16(21-15)18(3,4)5/h9-10,14,17,20H,7-8,11-13H2,1-6H3. The first-order chi connectivity index (χ1) is 9.78. The molecule has 120 valence electrons. The fraction of sp³-hybridized carbons (Fsp3) is 0.789. The van der Waals surface area contributed by atoms with E-state index in [-0.39, 0.29) is 5.41 Å². The van der Waals surface area contributed by atoms with E-state index >= 15 is 0 Å². The third-order valence-corrected chi connectivity index (χ3v) is 6.54. The van der Waals surface area contributed by atoms with Crippen molar-refractivity contribution in [3.05, 3.63) is 21.9 Å². The summed E-state index contributed by atoms with van der Waals surface area (Å²) in [6.45, 7) is 11.7. The van der Waals surface area contributed by atoms with E-state index in [1.807, 2.05) is 11.3 Å². The Balaban J connectivity index is 2.30. The normalized spacial score (nSPS) is 20.1. The van der Waals surface area contributed by atoms with E-state index in [0.29, 0.717) is 11.5 Å². The zero-order valence-electron chi connectivity index (χ0n) is 14.8. The summed E-state index contributed by atoms with van der Waals surface area (Å²) in [5.41, 5.74) is 0.741. The predicted octanol–water partition coefficient (Wildman–Crippen LogP) is 5.91. The van der Waals surface area contributed by atoms with Crippen LogP contribution in [0.5, 0.6) is 0 Å². The zero-order valence-corrected chi connectivity index (χ0v) is 15.6. The van der Waals surface area contributed by atoms with Gasteiger partial charge in [0, 0.05) is 15.8 Å². The molecule has 2 rings (SSSR count). The number of rotatable bonds is 5. The molecule has 1 nitrogen and oxygen atoms in total. The van der Waals surface area contributed by atoms with E-state index in [4.69, 9.17) is 0 Å². The van der Waals surface area contributed by atoms with E-state index in [2.05, 4.69) is 59.1 Å². The maximum absolute atomic E-state index is 3.68. The summed E-state index contributed by atoms with van der Waals surface area (Å²) in [7, 11) is 2.15. The molecule has 1 atom stereocenters. The van der Waals surface area contributed by atoms with Gasteiger partial charge in [-0.1, -0.05) is 47.5 Å². The van der Waals surface area contributed by atoms with Crippen LogP contribution in [0.2, 0.25) is 0 Å². The van der Waals surface area contributed by atoms with Crippen molar-refractivity contribution in [2.24, 2.45) is 11.3 Å². The lowest BCUT2D eigenvalue weighted by molar-refractivity contribution is 0.164. The molecular formula is C19H33NS. The summed E-state index contributed by atoms with van der Waals surface area (Å²) >= 11 is 2.02. The molecule has 0 radical (unpaired) electrons. The van der Waals surface area contributed by atoms with Crippen LogP contribution in [-0.4, -0.2) is 7.05 Å².